The van der Waals surface area contributed by atoms with E-state index in [1.807, 2.05) is 0 Å². The van der Waals surface area contributed by atoms with E-state index in [0.717, 1.165) is 12.0 Å². The Bertz CT molecular complexity index is 189. The molecule has 0 bridgehead atoms. The molecular formula is C12H27NO2Si. The second-order valence-corrected chi connectivity index (χ2v) is 8.75. The first kappa shape index (κ1) is 14.2. The molecule has 0 N–H and O–H groups in total. The minimum Gasteiger partial charge on any atom is -0.398 e. The highest BCUT2D eigenvalue weighted by atomic mass is 28.4. The molecule has 4 heteroatoms. The lowest BCUT2D eigenvalue weighted by molar-refractivity contribution is 0.188. The van der Waals surface area contributed by atoms with Crippen molar-refractivity contribution in [1.29, 1.82) is 0 Å². The van der Waals surface area contributed by atoms with Gasteiger partial charge in [-0.3, -0.25) is 0 Å². The molecule has 0 aromatic carbocycles. The third-order valence-electron chi connectivity index (χ3n) is 3.85. The Hall–Kier alpha value is 0.0969. The van der Waals surface area contributed by atoms with Gasteiger partial charge in [-0.2, -0.15) is 0 Å². The second-order valence-electron chi connectivity index (χ2n) is 5.17. The van der Waals surface area contributed by atoms with Crippen LogP contribution in [-0.4, -0.2) is 47.3 Å². The molecule has 3 nitrogen and oxygen atoms in total. The number of rotatable bonds is 6. The van der Waals surface area contributed by atoms with Crippen LogP contribution in [0.1, 0.15) is 26.2 Å². The van der Waals surface area contributed by atoms with Gasteiger partial charge in [0, 0.05) is 14.2 Å². The summed E-state index contributed by atoms with van der Waals surface area (Å²) < 4.78 is 11.0. The molecule has 0 saturated carbocycles. The average Bonchev–Trinajstić information content (AvgIpc) is 2.31. The molecule has 0 aliphatic carbocycles. The Labute approximate surface area is 101 Å². The highest BCUT2D eigenvalue weighted by Crippen LogP contribution is 2.18. The first-order chi connectivity index (χ1) is 7.59. The molecule has 1 aliphatic rings. The monoisotopic (exact) mass is 245 g/mol. The zero-order chi connectivity index (χ0) is 12.0. The van der Waals surface area contributed by atoms with Crippen molar-refractivity contribution >= 4 is 8.56 Å². The molecule has 0 spiro atoms. The zero-order valence-electron chi connectivity index (χ0n) is 11.3. The molecule has 0 atom stereocenters. The van der Waals surface area contributed by atoms with Crippen LogP contribution in [0, 0.1) is 5.92 Å². The van der Waals surface area contributed by atoms with Crippen LogP contribution in [-0.2, 0) is 8.85 Å². The van der Waals surface area contributed by atoms with Gasteiger partial charge < -0.3 is 13.8 Å². The summed E-state index contributed by atoms with van der Waals surface area (Å²) in [5.41, 5.74) is 0. The maximum absolute atomic E-state index is 5.49. The molecule has 96 valence electrons. The van der Waals surface area contributed by atoms with E-state index >= 15 is 0 Å². The predicted molar refractivity (Wildman–Crippen MR) is 69.9 cm³/mol. The van der Waals surface area contributed by atoms with Crippen molar-refractivity contribution < 1.29 is 8.85 Å². The number of hydrogen-bond donors (Lipinski definition) is 0. The van der Waals surface area contributed by atoms with Crippen molar-refractivity contribution in [2.24, 2.45) is 5.92 Å². The van der Waals surface area contributed by atoms with E-state index in [4.69, 9.17) is 8.85 Å². The molecule has 0 aromatic rings. The van der Waals surface area contributed by atoms with Crippen LogP contribution >= 0.6 is 0 Å². The normalized spacial score (nSPS) is 20.2. The molecule has 1 aliphatic heterocycles. The van der Waals surface area contributed by atoms with E-state index < -0.39 is 8.56 Å². The fourth-order valence-corrected chi connectivity index (χ4v) is 3.57. The van der Waals surface area contributed by atoms with E-state index in [1.54, 1.807) is 14.2 Å². The fourth-order valence-electron chi connectivity index (χ4n) is 2.20. The summed E-state index contributed by atoms with van der Waals surface area (Å²) in [6.45, 7) is 8.27. The Morgan fingerprint density at radius 3 is 2.25 bits per heavy atom. The first-order valence-corrected chi connectivity index (χ1v) is 8.94. The Morgan fingerprint density at radius 1 is 1.19 bits per heavy atom. The lowest BCUT2D eigenvalue weighted by atomic mass is 9.99. The fraction of sp³-hybridized carbons (Fsp3) is 1.00. The van der Waals surface area contributed by atoms with Gasteiger partial charge in [-0.05, 0) is 57.4 Å². The van der Waals surface area contributed by atoms with Gasteiger partial charge in [-0.15, -0.1) is 0 Å². The minimum atomic E-state index is -1.82. The van der Waals surface area contributed by atoms with Crippen molar-refractivity contribution in [3.63, 3.8) is 0 Å². The van der Waals surface area contributed by atoms with Crippen LogP contribution in [0.25, 0.3) is 0 Å². The van der Waals surface area contributed by atoms with E-state index in [-0.39, 0.29) is 0 Å². The van der Waals surface area contributed by atoms with E-state index in [2.05, 4.69) is 18.4 Å². The molecule has 1 rings (SSSR count). The van der Waals surface area contributed by atoms with Gasteiger partial charge in [0.05, 0.1) is 0 Å². The highest BCUT2D eigenvalue weighted by molar-refractivity contribution is 6.65. The molecule has 0 unspecified atom stereocenters. The summed E-state index contributed by atoms with van der Waals surface area (Å²) in [4.78, 5) is 2.58. The van der Waals surface area contributed by atoms with Crippen molar-refractivity contribution in [2.45, 2.75) is 38.8 Å². The van der Waals surface area contributed by atoms with Crippen molar-refractivity contribution in [1.82, 2.24) is 4.90 Å². The third kappa shape index (κ3) is 4.53. The quantitative estimate of drug-likeness (QED) is 0.671. The van der Waals surface area contributed by atoms with Crippen LogP contribution in [0.2, 0.25) is 12.6 Å². The molecule has 1 saturated heterocycles. The number of hydrogen-bond acceptors (Lipinski definition) is 3. The van der Waals surface area contributed by atoms with E-state index in [0.29, 0.717) is 0 Å². The topological polar surface area (TPSA) is 21.7 Å². The molecule has 0 amide bonds. The maximum atomic E-state index is 5.49. The van der Waals surface area contributed by atoms with Crippen LogP contribution in [0.15, 0.2) is 0 Å². The van der Waals surface area contributed by atoms with Gasteiger partial charge in [-0.1, -0.05) is 6.92 Å². The summed E-state index contributed by atoms with van der Waals surface area (Å²) in [6, 6.07) is 1.10. The van der Waals surface area contributed by atoms with E-state index in [9.17, 15) is 0 Å². The summed E-state index contributed by atoms with van der Waals surface area (Å²) in [5.74, 6) is 0.925. The minimum absolute atomic E-state index is 0.925. The Kier molecular flexibility index (Phi) is 5.96. The zero-order valence-corrected chi connectivity index (χ0v) is 12.3. The summed E-state index contributed by atoms with van der Waals surface area (Å²) in [5, 5.41) is 0. The summed E-state index contributed by atoms with van der Waals surface area (Å²) >= 11 is 0. The summed E-state index contributed by atoms with van der Waals surface area (Å²) in [6.07, 6.45) is 3.94. The van der Waals surface area contributed by atoms with E-state index in [1.165, 1.54) is 38.9 Å². The molecule has 0 aromatic heterocycles. The van der Waals surface area contributed by atoms with Crippen molar-refractivity contribution in [2.75, 3.05) is 33.9 Å². The molecule has 1 heterocycles. The van der Waals surface area contributed by atoms with Gasteiger partial charge in [0.1, 0.15) is 0 Å². The van der Waals surface area contributed by atoms with Crippen molar-refractivity contribution in [3.05, 3.63) is 0 Å². The van der Waals surface area contributed by atoms with Gasteiger partial charge in [0.15, 0.2) is 0 Å². The molecule has 1 fully saturated rings. The van der Waals surface area contributed by atoms with Crippen LogP contribution < -0.4 is 0 Å². The average molecular weight is 245 g/mol. The number of piperidine rings is 1. The SMILES string of the molecule is CO[Si](C)(CCCN1CCC(C)CC1)OC. The number of likely N-dealkylation sites (tertiary alicyclic amines) is 1. The summed E-state index contributed by atoms with van der Waals surface area (Å²) in [7, 11) is 1.73. The first-order valence-electron chi connectivity index (χ1n) is 6.42. The third-order valence-corrected chi connectivity index (χ3v) is 6.83. The van der Waals surface area contributed by atoms with Gasteiger partial charge in [0.2, 0.25) is 0 Å². The smallest absolute Gasteiger partial charge is 0.334 e. The van der Waals surface area contributed by atoms with Crippen LogP contribution in [0.5, 0.6) is 0 Å². The molecular weight excluding hydrogens is 218 g/mol. The van der Waals surface area contributed by atoms with Gasteiger partial charge in [0.25, 0.3) is 0 Å². The Balaban J connectivity index is 2.15. The Morgan fingerprint density at radius 2 is 1.75 bits per heavy atom. The van der Waals surface area contributed by atoms with Crippen LogP contribution in [0.3, 0.4) is 0 Å². The van der Waals surface area contributed by atoms with Gasteiger partial charge in [-0.25, -0.2) is 0 Å². The van der Waals surface area contributed by atoms with Crippen LogP contribution in [0.4, 0.5) is 0 Å². The largest absolute Gasteiger partial charge is 0.398 e. The number of nitrogens with zero attached hydrogens (tertiary/aromatic N) is 1. The highest BCUT2D eigenvalue weighted by Gasteiger charge is 2.28. The standard InChI is InChI=1S/C12H27NO2Si/c1-12-6-9-13(10-7-12)8-5-11-16(4,14-2)15-3/h12H,5-11H2,1-4H3. The lowest BCUT2D eigenvalue weighted by Gasteiger charge is -2.31. The molecule has 0 radical (unpaired) electrons. The van der Waals surface area contributed by atoms with Gasteiger partial charge >= 0.3 is 8.56 Å². The maximum Gasteiger partial charge on any atom is 0.334 e. The lowest BCUT2D eigenvalue weighted by Crippen LogP contribution is -2.38. The van der Waals surface area contributed by atoms with Crippen molar-refractivity contribution in [3.8, 4) is 0 Å². The molecule has 16 heavy (non-hydrogen) atoms. The second kappa shape index (κ2) is 6.74. The predicted octanol–water partition coefficient (Wildman–Crippen LogP) is 2.47.